The van der Waals surface area contributed by atoms with Crippen molar-refractivity contribution in [3.8, 4) is 0 Å². The molecule has 2 rings (SSSR count). The molecule has 10 heteroatoms. The number of rotatable bonds is 13. The van der Waals surface area contributed by atoms with Gasteiger partial charge in [0.2, 0.25) is 0 Å². The smallest absolute Gasteiger partial charge is 0.309 e. The largest absolute Gasteiger partial charge is 0.465 e. The maximum absolute atomic E-state index is 11.8. The lowest BCUT2D eigenvalue weighted by Crippen LogP contribution is -2.17. The monoisotopic (exact) mass is 430 g/mol. The number of carbonyl (C=O) groups is 6. The molecule has 2 fully saturated rings. The Hall–Kier alpha value is -1.68. The zero-order valence-electron chi connectivity index (χ0n) is 15.3. The number of carbonyl (C=O) groups excluding carboxylic acids is 6. The van der Waals surface area contributed by atoms with E-state index in [1.807, 2.05) is 0 Å². The van der Waals surface area contributed by atoms with Crippen LogP contribution >= 0.6 is 21.6 Å². The summed E-state index contributed by atoms with van der Waals surface area (Å²) in [6, 6.07) is 0. The Kier molecular flexibility index (Phi) is 9.17. The summed E-state index contributed by atoms with van der Waals surface area (Å²) in [4.78, 5) is 69.9. The van der Waals surface area contributed by atoms with Gasteiger partial charge in [-0.05, 0) is 12.8 Å². The Balaban J connectivity index is 1.53. The molecule has 28 heavy (non-hydrogen) atoms. The third-order valence-electron chi connectivity index (χ3n) is 4.35. The van der Waals surface area contributed by atoms with Gasteiger partial charge in [0, 0.05) is 12.8 Å². The molecule has 2 aliphatic rings. The summed E-state index contributed by atoms with van der Waals surface area (Å²) in [6.07, 6.45) is 0.593. The number of esters is 2. The number of hydrogen-bond donors (Lipinski definition) is 0. The number of cyclic esters (lactones) is 2. The summed E-state index contributed by atoms with van der Waals surface area (Å²) in [6.45, 7) is 0.636. The lowest BCUT2D eigenvalue weighted by Gasteiger charge is -2.05. The molecule has 0 spiro atoms. The van der Waals surface area contributed by atoms with Crippen LogP contribution in [0.25, 0.3) is 0 Å². The highest BCUT2D eigenvalue weighted by Crippen LogP contribution is 2.24. The predicted octanol–water partition coefficient (Wildman–Crippen LogP) is 1.33. The summed E-state index contributed by atoms with van der Waals surface area (Å²) in [7, 11) is 2.30. The molecule has 8 nitrogen and oxygen atoms in total. The van der Waals surface area contributed by atoms with Crippen LogP contribution < -0.4 is 0 Å². The van der Waals surface area contributed by atoms with Gasteiger partial charge in [-0.15, -0.1) is 0 Å². The molecule has 0 aromatic rings. The standard InChI is InChI=1S/C18H22O8S2/c19-13(5-11-1-3-25-17(11)23)7-15(21)9-27-28-10-16(22)8-14(20)6-12-2-4-26-18(12)24/h11-12H,1-10H2. The van der Waals surface area contributed by atoms with Gasteiger partial charge >= 0.3 is 11.9 Å². The Labute approximate surface area is 170 Å². The first kappa shape index (κ1) is 22.6. The number of ether oxygens (including phenoxy) is 2. The summed E-state index contributed by atoms with van der Waals surface area (Å²) < 4.78 is 9.56. The predicted molar refractivity (Wildman–Crippen MR) is 102 cm³/mol. The van der Waals surface area contributed by atoms with Crippen molar-refractivity contribution in [1.82, 2.24) is 0 Å². The Morgan fingerprint density at radius 2 is 1.11 bits per heavy atom. The highest BCUT2D eigenvalue weighted by atomic mass is 33.1. The van der Waals surface area contributed by atoms with Gasteiger partial charge in [0.15, 0.2) is 11.6 Å². The van der Waals surface area contributed by atoms with Crippen LogP contribution in [0.4, 0.5) is 0 Å². The SMILES string of the molecule is O=C(CSSCC(=O)CC(=O)CC1CCOC1=O)CC(=O)CC1CCOC1=O. The van der Waals surface area contributed by atoms with E-state index in [1.165, 1.54) is 0 Å². The zero-order valence-corrected chi connectivity index (χ0v) is 16.9. The van der Waals surface area contributed by atoms with Gasteiger partial charge in [-0.25, -0.2) is 0 Å². The minimum atomic E-state index is -0.441. The van der Waals surface area contributed by atoms with Crippen molar-refractivity contribution in [2.75, 3.05) is 24.7 Å². The van der Waals surface area contributed by atoms with Crippen LogP contribution in [-0.2, 0) is 38.2 Å². The molecule has 2 heterocycles. The van der Waals surface area contributed by atoms with E-state index in [1.54, 1.807) is 0 Å². The van der Waals surface area contributed by atoms with Crippen LogP contribution in [0.2, 0.25) is 0 Å². The summed E-state index contributed by atoms with van der Waals surface area (Å²) in [5.41, 5.74) is 0. The molecule has 0 amide bonds. The first-order valence-electron chi connectivity index (χ1n) is 8.99. The third-order valence-corrected chi connectivity index (χ3v) is 6.60. The van der Waals surface area contributed by atoms with E-state index in [0.717, 1.165) is 21.6 Å². The van der Waals surface area contributed by atoms with E-state index < -0.39 is 11.8 Å². The molecule has 0 saturated carbocycles. The molecular formula is C18H22O8S2. The molecule has 0 N–H and O–H groups in total. The van der Waals surface area contributed by atoms with Crippen molar-refractivity contribution >= 4 is 56.7 Å². The molecule has 0 bridgehead atoms. The number of hydrogen-bond acceptors (Lipinski definition) is 10. The number of Topliss-reactive ketones (excluding diaryl/α,β-unsaturated/α-hetero) is 4. The Bertz CT molecular complexity index is 604. The zero-order chi connectivity index (χ0) is 20.5. The van der Waals surface area contributed by atoms with Gasteiger partial charge in [0.1, 0.15) is 11.6 Å². The molecule has 0 aromatic heterocycles. The van der Waals surface area contributed by atoms with E-state index in [9.17, 15) is 28.8 Å². The first-order chi connectivity index (χ1) is 13.3. The minimum Gasteiger partial charge on any atom is -0.465 e. The van der Waals surface area contributed by atoms with Crippen molar-refractivity contribution in [2.45, 2.75) is 38.5 Å². The number of ketones is 4. The summed E-state index contributed by atoms with van der Waals surface area (Å²) in [5, 5.41) is 0. The maximum Gasteiger partial charge on any atom is 0.309 e. The second-order valence-corrected chi connectivity index (χ2v) is 9.21. The van der Waals surface area contributed by atoms with Crippen LogP contribution in [0.1, 0.15) is 38.5 Å². The van der Waals surface area contributed by atoms with Gasteiger partial charge in [-0.3, -0.25) is 28.8 Å². The molecule has 0 aliphatic carbocycles. The van der Waals surface area contributed by atoms with Crippen LogP contribution in [0, 0.1) is 11.8 Å². The van der Waals surface area contributed by atoms with Crippen LogP contribution in [0.15, 0.2) is 0 Å². The molecule has 2 saturated heterocycles. The minimum absolute atomic E-state index is 0.0253. The highest BCUT2D eigenvalue weighted by molar-refractivity contribution is 8.77. The molecule has 0 aromatic carbocycles. The van der Waals surface area contributed by atoms with E-state index in [2.05, 4.69) is 0 Å². The van der Waals surface area contributed by atoms with Crippen molar-refractivity contribution in [2.24, 2.45) is 11.8 Å². The lowest BCUT2D eigenvalue weighted by molar-refractivity contribution is -0.143. The van der Waals surface area contributed by atoms with E-state index in [4.69, 9.17) is 9.47 Å². The van der Waals surface area contributed by atoms with Gasteiger partial charge in [0.25, 0.3) is 0 Å². The van der Waals surface area contributed by atoms with E-state index in [-0.39, 0.29) is 72.3 Å². The second-order valence-electron chi connectivity index (χ2n) is 6.75. The fourth-order valence-electron chi connectivity index (χ4n) is 2.90. The van der Waals surface area contributed by atoms with Crippen molar-refractivity contribution in [3.63, 3.8) is 0 Å². The Morgan fingerprint density at radius 3 is 1.43 bits per heavy atom. The third kappa shape index (κ3) is 7.75. The average molecular weight is 431 g/mol. The van der Waals surface area contributed by atoms with E-state index >= 15 is 0 Å². The molecule has 2 aliphatic heterocycles. The van der Waals surface area contributed by atoms with Gasteiger partial charge < -0.3 is 9.47 Å². The van der Waals surface area contributed by atoms with Crippen LogP contribution in [0.3, 0.4) is 0 Å². The highest BCUT2D eigenvalue weighted by Gasteiger charge is 2.30. The topological polar surface area (TPSA) is 121 Å². The molecule has 2 atom stereocenters. The van der Waals surface area contributed by atoms with Crippen molar-refractivity contribution in [1.29, 1.82) is 0 Å². The maximum atomic E-state index is 11.8. The van der Waals surface area contributed by atoms with Gasteiger partial charge in [0.05, 0.1) is 49.4 Å². The normalized spacial score (nSPS) is 21.3. The van der Waals surface area contributed by atoms with Crippen molar-refractivity contribution in [3.05, 3.63) is 0 Å². The first-order valence-corrected chi connectivity index (χ1v) is 11.5. The fourth-order valence-corrected chi connectivity index (χ4v) is 4.82. The lowest BCUT2D eigenvalue weighted by atomic mass is 9.99. The van der Waals surface area contributed by atoms with Crippen LogP contribution in [-0.4, -0.2) is 59.8 Å². The fraction of sp³-hybridized carbons (Fsp3) is 0.667. The molecule has 2 unspecified atom stereocenters. The molecule has 0 radical (unpaired) electrons. The van der Waals surface area contributed by atoms with Gasteiger partial charge in [-0.2, -0.15) is 0 Å². The molecule has 154 valence electrons. The molecular weight excluding hydrogens is 408 g/mol. The average Bonchev–Trinajstić information content (AvgIpc) is 3.20. The van der Waals surface area contributed by atoms with Crippen LogP contribution in [0.5, 0.6) is 0 Å². The van der Waals surface area contributed by atoms with E-state index in [0.29, 0.717) is 26.1 Å². The summed E-state index contributed by atoms with van der Waals surface area (Å²) in [5.74, 6) is -2.62. The quantitative estimate of drug-likeness (QED) is 0.183. The van der Waals surface area contributed by atoms with Crippen molar-refractivity contribution < 1.29 is 38.2 Å². The summed E-state index contributed by atoms with van der Waals surface area (Å²) >= 11 is 0. The van der Waals surface area contributed by atoms with Gasteiger partial charge in [-0.1, -0.05) is 21.6 Å². The Morgan fingerprint density at radius 1 is 0.714 bits per heavy atom. The second kappa shape index (κ2) is 11.4.